The zero-order valence-corrected chi connectivity index (χ0v) is 10.7. The first-order valence-electron chi connectivity index (χ1n) is 6.58. The van der Waals surface area contributed by atoms with Crippen LogP contribution in [-0.2, 0) is 0 Å². The van der Waals surface area contributed by atoms with E-state index in [9.17, 15) is 0 Å². The van der Waals surface area contributed by atoms with Crippen molar-refractivity contribution in [2.75, 3.05) is 0 Å². The molecule has 86 valence electrons. The van der Waals surface area contributed by atoms with Crippen molar-refractivity contribution in [2.45, 2.75) is 65.7 Å². The van der Waals surface area contributed by atoms with Crippen LogP contribution in [0.1, 0.15) is 65.7 Å². The molecule has 0 heterocycles. The minimum absolute atomic E-state index is 0.977. The molecule has 0 N–H and O–H groups in total. The van der Waals surface area contributed by atoms with Gasteiger partial charge < -0.3 is 0 Å². The van der Waals surface area contributed by atoms with Crippen molar-refractivity contribution in [2.24, 2.45) is 5.92 Å². The lowest BCUT2D eigenvalue weighted by Gasteiger charge is -2.21. The summed E-state index contributed by atoms with van der Waals surface area (Å²) in [5.74, 6) is 0.977. The van der Waals surface area contributed by atoms with Gasteiger partial charge in [0.25, 0.3) is 0 Å². The number of hydrogen-bond acceptors (Lipinski definition) is 0. The fraction of sp³-hybridized carbons (Fsp3) is 0.733. The second-order valence-electron chi connectivity index (χ2n) is 4.92. The maximum atomic E-state index is 2.40. The molecule has 1 saturated carbocycles. The molecule has 0 aromatic carbocycles. The second-order valence-corrected chi connectivity index (χ2v) is 4.92. The quantitative estimate of drug-likeness (QED) is 0.550. The van der Waals surface area contributed by atoms with Crippen LogP contribution < -0.4 is 0 Å². The lowest BCUT2D eigenvalue weighted by Crippen LogP contribution is -2.06. The van der Waals surface area contributed by atoms with Crippen LogP contribution in [0.25, 0.3) is 0 Å². The van der Waals surface area contributed by atoms with Crippen LogP contribution in [0.5, 0.6) is 0 Å². The van der Waals surface area contributed by atoms with Gasteiger partial charge in [-0.1, -0.05) is 62.3 Å². The van der Waals surface area contributed by atoms with Gasteiger partial charge in [0.1, 0.15) is 0 Å². The fourth-order valence-electron chi connectivity index (χ4n) is 2.61. The van der Waals surface area contributed by atoms with Crippen LogP contribution in [-0.4, -0.2) is 0 Å². The largest absolute Gasteiger partial charge is 0.0845 e. The molecular weight excluding hydrogens is 180 g/mol. The molecular formula is C15H26. The molecule has 0 spiro atoms. The summed E-state index contributed by atoms with van der Waals surface area (Å²) in [6, 6.07) is 0. The minimum atomic E-state index is 0.977. The maximum absolute atomic E-state index is 2.40. The molecule has 0 unspecified atom stereocenters. The van der Waals surface area contributed by atoms with Gasteiger partial charge >= 0.3 is 0 Å². The predicted molar refractivity (Wildman–Crippen MR) is 69.0 cm³/mol. The number of allylic oxidation sites excluding steroid dienone is 4. The lowest BCUT2D eigenvalue weighted by molar-refractivity contribution is 0.356. The van der Waals surface area contributed by atoms with Crippen molar-refractivity contribution in [1.29, 1.82) is 0 Å². The predicted octanol–water partition coefficient (Wildman–Crippen LogP) is 5.26. The minimum Gasteiger partial charge on any atom is -0.0845 e. The first-order chi connectivity index (χ1) is 7.26. The van der Waals surface area contributed by atoms with Gasteiger partial charge in [0, 0.05) is 0 Å². The molecule has 0 aromatic heterocycles. The van der Waals surface area contributed by atoms with Crippen LogP contribution in [0.2, 0.25) is 0 Å². The average Bonchev–Trinajstić information content (AvgIpc) is 2.27. The van der Waals surface area contributed by atoms with E-state index in [1.54, 1.807) is 5.57 Å². The average molecular weight is 206 g/mol. The standard InChI is InChI=1S/C15H26/c1-4-14(5-2)11-13(3)12-15-9-7-6-8-10-15/h4,11,15H,5-10,12H2,1-3H3/b13-11+,14-4-. The molecule has 1 rings (SSSR count). The van der Waals surface area contributed by atoms with Gasteiger partial charge in [-0.3, -0.25) is 0 Å². The van der Waals surface area contributed by atoms with E-state index in [0.717, 1.165) is 5.92 Å². The monoisotopic (exact) mass is 206 g/mol. The third-order valence-corrected chi connectivity index (χ3v) is 3.55. The van der Waals surface area contributed by atoms with Crippen LogP contribution >= 0.6 is 0 Å². The Hall–Kier alpha value is -0.520. The van der Waals surface area contributed by atoms with E-state index in [1.807, 2.05) is 0 Å². The Balaban J connectivity index is 2.42. The van der Waals surface area contributed by atoms with Gasteiger partial charge in [-0.2, -0.15) is 0 Å². The normalized spacial score (nSPS) is 20.7. The summed E-state index contributed by atoms with van der Waals surface area (Å²) in [4.78, 5) is 0. The number of rotatable bonds is 4. The van der Waals surface area contributed by atoms with Crippen molar-refractivity contribution in [3.05, 3.63) is 23.3 Å². The topological polar surface area (TPSA) is 0 Å². The van der Waals surface area contributed by atoms with Crippen LogP contribution in [0, 0.1) is 5.92 Å². The zero-order valence-electron chi connectivity index (χ0n) is 10.7. The Morgan fingerprint density at radius 1 is 1.20 bits per heavy atom. The summed E-state index contributed by atoms with van der Waals surface area (Å²) in [5, 5.41) is 0. The Kier molecular flexibility index (Phi) is 5.75. The smallest absolute Gasteiger partial charge is 0.0291 e. The Bertz CT molecular complexity index is 226. The molecule has 15 heavy (non-hydrogen) atoms. The molecule has 0 aromatic rings. The number of hydrogen-bond donors (Lipinski definition) is 0. The van der Waals surface area contributed by atoms with Gasteiger partial charge in [0.2, 0.25) is 0 Å². The summed E-state index contributed by atoms with van der Waals surface area (Å²) < 4.78 is 0. The van der Waals surface area contributed by atoms with Crippen molar-refractivity contribution in [3.8, 4) is 0 Å². The summed E-state index contributed by atoms with van der Waals surface area (Å²) in [6.45, 7) is 6.68. The van der Waals surface area contributed by atoms with Gasteiger partial charge in [0.05, 0.1) is 0 Å². The highest BCUT2D eigenvalue weighted by atomic mass is 14.2. The molecule has 0 heteroatoms. The first-order valence-corrected chi connectivity index (χ1v) is 6.58. The molecule has 0 saturated heterocycles. The highest BCUT2D eigenvalue weighted by molar-refractivity contribution is 5.22. The Labute approximate surface area is 95.5 Å². The van der Waals surface area contributed by atoms with Crippen LogP contribution in [0.3, 0.4) is 0 Å². The first kappa shape index (κ1) is 12.5. The lowest BCUT2D eigenvalue weighted by atomic mass is 9.84. The SMILES string of the molecule is C/C=C(\C=C(/C)CC1CCCCC1)CC. The zero-order chi connectivity index (χ0) is 11.1. The van der Waals surface area contributed by atoms with Crippen molar-refractivity contribution < 1.29 is 0 Å². The highest BCUT2D eigenvalue weighted by Gasteiger charge is 2.13. The third-order valence-electron chi connectivity index (χ3n) is 3.55. The summed E-state index contributed by atoms with van der Waals surface area (Å²) in [7, 11) is 0. The Morgan fingerprint density at radius 3 is 2.40 bits per heavy atom. The van der Waals surface area contributed by atoms with Gasteiger partial charge in [-0.05, 0) is 32.6 Å². The second kappa shape index (κ2) is 6.87. The highest BCUT2D eigenvalue weighted by Crippen LogP contribution is 2.29. The van der Waals surface area contributed by atoms with Crippen molar-refractivity contribution >= 4 is 0 Å². The van der Waals surface area contributed by atoms with Crippen molar-refractivity contribution in [1.82, 2.24) is 0 Å². The third kappa shape index (κ3) is 4.68. The van der Waals surface area contributed by atoms with Crippen LogP contribution in [0.15, 0.2) is 23.3 Å². The van der Waals surface area contributed by atoms with Gasteiger partial charge in [-0.25, -0.2) is 0 Å². The molecule has 0 amide bonds. The molecule has 1 fully saturated rings. The summed E-state index contributed by atoms with van der Waals surface area (Å²) >= 11 is 0. The van der Waals surface area contributed by atoms with Crippen LogP contribution in [0.4, 0.5) is 0 Å². The maximum Gasteiger partial charge on any atom is -0.0291 e. The molecule has 0 radical (unpaired) electrons. The Morgan fingerprint density at radius 2 is 1.87 bits per heavy atom. The molecule has 0 aliphatic heterocycles. The van der Waals surface area contributed by atoms with E-state index >= 15 is 0 Å². The molecule has 1 aliphatic carbocycles. The molecule has 0 nitrogen and oxygen atoms in total. The van der Waals surface area contributed by atoms with Gasteiger partial charge in [-0.15, -0.1) is 0 Å². The van der Waals surface area contributed by atoms with E-state index < -0.39 is 0 Å². The summed E-state index contributed by atoms with van der Waals surface area (Å²) in [5.41, 5.74) is 3.07. The molecule has 0 bridgehead atoms. The fourth-order valence-corrected chi connectivity index (χ4v) is 2.61. The van der Waals surface area contributed by atoms with E-state index in [4.69, 9.17) is 0 Å². The van der Waals surface area contributed by atoms with Crippen molar-refractivity contribution in [3.63, 3.8) is 0 Å². The van der Waals surface area contributed by atoms with E-state index in [1.165, 1.54) is 50.5 Å². The summed E-state index contributed by atoms with van der Waals surface area (Å²) in [6.07, 6.45) is 14.4. The van der Waals surface area contributed by atoms with Gasteiger partial charge in [0.15, 0.2) is 0 Å². The van der Waals surface area contributed by atoms with E-state index in [-0.39, 0.29) is 0 Å². The molecule has 0 atom stereocenters. The molecule has 1 aliphatic rings. The van der Waals surface area contributed by atoms with E-state index in [2.05, 4.69) is 32.9 Å². The van der Waals surface area contributed by atoms with E-state index in [0.29, 0.717) is 0 Å².